The standard InChI is InChI=1S/C23H28BrN11O4/c1-9-13(7-29-15(9)20(37)27-5-6-28-23(25)26)31-21(38)16-10(2)14(8-30-16)32-22(39)17-11(3)18(35-34-17)33-19(36)12(4)24/h7-8,29-30H,4-6H2,1-3H3,(H,27,37)(H,31,38)(H,32,39)(H4,25,26,28)(H2,33,34,35,36). The van der Waals surface area contributed by atoms with Crippen molar-refractivity contribution in [1.29, 1.82) is 5.41 Å². The van der Waals surface area contributed by atoms with Crippen molar-refractivity contribution in [1.82, 2.24) is 30.8 Å². The lowest BCUT2D eigenvalue weighted by Gasteiger charge is -2.08. The number of nitrogens with one attached hydrogen (secondary N) is 9. The van der Waals surface area contributed by atoms with Crippen molar-refractivity contribution in [3.8, 4) is 0 Å². The first-order valence-corrected chi connectivity index (χ1v) is 12.2. The summed E-state index contributed by atoms with van der Waals surface area (Å²) in [6.07, 6.45) is 2.97. The molecule has 0 fully saturated rings. The Bertz CT molecular complexity index is 1470. The summed E-state index contributed by atoms with van der Waals surface area (Å²) in [7, 11) is 0. The van der Waals surface area contributed by atoms with Gasteiger partial charge in [0.25, 0.3) is 23.6 Å². The zero-order chi connectivity index (χ0) is 28.9. The molecule has 0 aliphatic heterocycles. The van der Waals surface area contributed by atoms with Crippen LogP contribution in [0.1, 0.15) is 48.2 Å². The van der Waals surface area contributed by atoms with Crippen LogP contribution >= 0.6 is 15.9 Å². The number of carbonyl (C=O) groups is 4. The third-order valence-electron chi connectivity index (χ3n) is 5.67. The number of rotatable bonds is 10. The molecule has 0 saturated carbocycles. The summed E-state index contributed by atoms with van der Waals surface area (Å²) in [6, 6.07) is 0. The number of anilines is 3. The van der Waals surface area contributed by atoms with Gasteiger partial charge in [-0.25, -0.2) is 0 Å². The summed E-state index contributed by atoms with van der Waals surface area (Å²) in [4.78, 5) is 55.7. The van der Waals surface area contributed by atoms with E-state index in [0.717, 1.165) is 0 Å². The molecule has 0 aliphatic carbocycles. The minimum Gasteiger partial charge on any atom is -0.370 e. The maximum Gasteiger partial charge on any atom is 0.274 e. The molecule has 0 radical (unpaired) electrons. The van der Waals surface area contributed by atoms with Gasteiger partial charge in [-0.1, -0.05) is 6.58 Å². The molecule has 4 amide bonds. The Hall–Kier alpha value is -4.86. The number of nitrogens with two attached hydrogens (primary N) is 1. The number of hydrogen-bond acceptors (Lipinski definition) is 6. The Kier molecular flexibility index (Phi) is 8.92. The van der Waals surface area contributed by atoms with E-state index < -0.39 is 17.7 Å². The zero-order valence-electron chi connectivity index (χ0n) is 21.3. The summed E-state index contributed by atoms with van der Waals surface area (Å²) < 4.78 is 0.109. The Morgan fingerprint density at radius 1 is 0.872 bits per heavy atom. The first kappa shape index (κ1) is 28.7. The number of nitrogens with zero attached hydrogens (tertiary/aromatic N) is 1. The van der Waals surface area contributed by atoms with Crippen molar-refractivity contribution in [2.75, 3.05) is 29.0 Å². The van der Waals surface area contributed by atoms with E-state index in [1.807, 2.05) is 0 Å². The molecule has 3 heterocycles. The quantitative estimate of drug-likeness (QED) is 0.0710. The number of aromatic amines is 3. The second-order valence-corrected chi connectivity index (χ2v) is 9.30. The summed E-state index contributed by atoms with van der Waals surface area (Å²) in [5.41, 5.74) is 8.00. The molecule has 15 nitrogen and oxygen atoms in total. The van der Waals surface area contributed by atoms with Crippen LogP contribution in [-0.4, -0.2) is 62.8 Å². The lowest BCUT2D eigenvalue weighted by molar-refractivity contribution is -0.112. The number of H-pyrrole nitrogens is 3. The molecule has 0 aromatic carbocycles. The molecule has 3 aromatic rings. The fourth-order valence-electron chi connectivity index (χ4n) is 3.47. The van der Waals surface area contributed by atoms with Crippen LogP contribution in [0.15, 0.2) is 23.5 Å². The number of hydrogen-bond donors (Lipinski definition) is 10. The highest BCUT2D eigenvalue weighted by Crippen LogP contribution is 2.24. The lowest BCUT2D eigenvalue weighted by atomic mass is 10.2. The molecule has 0 spiro atoms. The van der Waals surface area contributed by atoms with E-state index in [-0.39, 0.29) is 45.8 Å². The van der Waals surface area contributed by atoms with Crippen LogP contribution in [0.5, 0.6) is 0 Å². The van der Waals surface area contributed by atoms with Gasteiger partial charge in [0.2, 0.25) is 0 Å². The smallest absolute Gasteiger partial charge is 0.274 e. The highest BCUT2D eigenvalue weighted by molar-refractivity contribution is 9.12. The largest absolute Gasteiger partial charge is 0.370 e. The van der Waals surface area contributed by atoms with E-state index in [1.165, 1.54) is 12.4 Å². The molecule has 39 heavy (non-hydrogen) atoms. The van der Waals surface area contributed by atoms with Gasteiger partial charge in [-0.2, -0.15) is 5.10 Å². The van der Waals surface area contributed by atoms with Crippen molar-refractivity contribution >= 4 is 62.7 Å². The Balaban J connectivity index is 1.65. The average Bonchev–Trinajstić information content (AvgIpc) is 3.54. The molecular formula is C23H28BrN11O4. The van der Waals surface area contributed by atoms with E-state index in [4.69, 9.17) is 11.1 Å². The summed E-state index contributed by atoms with van der Waals surface area (Å²) in [6.45, 7) is 8.98. The highest BCUT2D eigenvalue weighted by Gasteiger charge is 2.22. The van der Waals surface area contributed by atoms with E-state index >= 15 is 0 Å². The van der Waals surface area contributed by atoms with Crippen LogP contribution in [0.2, 0.25) is 0 Å². The predicted octanol–water partition coefficient (Wildman–Crippen LogP) is 1.56. The number of aromatic nitrogens is 4. The first-order chi connectivity index (χ1) is 18.4. The number of amides is 4. The Labute approximate surface area is 230 Å². The van der Waals surface area contributed by atoms with Gasteiger partial charge in [-0.3, -0.25) is 29.7 Å². The van der Waals surface area contributed by atoms with Crippen molar-refractivity contribution < 1.29 is 19.2 Å². The Morgan fingerprint density at radius 3 is 1.92 bits per heavy atom. The molecule has 3 aromatic heterocycles. The van der Waals surface area contributed by atoms with E-state index in [9.17, 15) is 19.2 Å². The van der Waals surface area contributed by atoms with Crippen LogP contribution in [0, 0.1) is 26.2 Å². The normalized spacial score (nSPS) is 10.5. The highest BCUT2D eigenvalue weighted by atomic mass is 79.9. The van der Waals surface area contributed by atoms with Crippen LogP contribution in [0.25, 0.3) is 0 Å². The zero-order valence-corrected chi connectivity index (χ0v) is 22.9. The monoisotopic (exact) mass is 601 g/mol. The SMILES string of the molecule is C=C(Br)C(=O)Nc1n[nH]c(C(=O)Nc2c[nH]c(C(=O)Nc3c[nH]c(C(=O)NCCNC(=N)N)c3C)c2C)c1C. The van der Waals surface area contributed by atoms with E-state index in [1.54, 1.807) is 20.8 Å². The van der Waals surface area contributed by atoms with Gasteiger partial charge in [0.15, 0.2) is 11.8 Å². The molecule has 0 saturated heterocycles. The van der Waals surface area contributed by atoms with Crippen LogP contribution < -0.4 is 32.3 Å². The van der Waals surface area contributed by atoms with Gasteiger partial charge in [-0.05, 0) is 36.7 Å². The van der Waals surface area contributed by atoms with Gasteiger partial charge in [-0.15, -0.1) is 0 Å². The summed E-state index contributed by atoms with van der Waals surface area (Å²) in [5, 5.41) is 26.9. The van der Waals surface area contributed by atoms with Crippen molar-refractivity contribution in [2.45, 2.75) is 20.8 Å². The Morgan fingerprint density at radius 2 is 1.38 bits per heavy atom. The molecule has 0 unspecified atom stereocenters. The van der Waals surface area contributed by atoms with E-state index in [2.05, 4.69) is 69.3 Å². The second-order valence-electron chi connectivity index (χ2n) is 8.34. The number of carbonyl (C=O) groups excluding carboxylic acids is 4. The molecule has 0 atom stereocenters. The molecule has 16 heteroatoms. The molecule has 3 rings (SSSR count). The van der Waals surface area contributed by atoms with Gasteiger partial charge < -0.3 is 42.3 Å². The van der Waals surface area contributed by atoms with Crippen LogP contribution in [0.4, 0.5) is 17.2 Å². The first-order valence-electron chi connectivity index (χ1n) is 11.5. The molecule has 11 N–H and O–H groups in total. The molecule has 206 valence electrons. The maximum atomic E-state index is 12.9. The minimum atomic E-state index is -0.525. The van der Waals surface area contributed by atoms with Crippen molar-refractivity contribution in [2.24, 2.45) is 5.73 Å². The van der Waals surface area contributed by atoms with Crippen molar-refractivity contribution in [3.05, 3.63) is 57.2 Å². The lowest BCUT2D eigenvalue weighted by Crippen LogP contribution is -2.37. The summed E-state index contributed by atoms with van der Waals surface area (Å²) >= 11 is 2.98. The summed E-state index contributed by atoms with van der Waals surface area (Å²) in [5.74, 6) is -1.90. The predicted molar refractivity (Wildman–Crippen MR) is 149 cm³/mol. The van der Waals surface area contributed by atoms with Gasteiger partial charge in [0.1, 0.15) is 17.1 Å². The van der Waals surface area contributed by atoms with Crippen molar-refractivity contribution in [3.63, 3.8) is 0 Å². The number of guanidine groups is 1. The number of halogens is 1. The van der Waals surface area contributed by atoms with E-state index in [0.29, 0.717) is 34.6 Å². The third kappa shape index (κ3) is 6.72. The topological polar surface area (TPSA) is 239 Å². The molecule has 0 bridgehead atoms. The fraction of sp³-hybridized carbons (Fsp3) is 0.217. The minimum absolute atomic E-state index is 0.109. The van der Waals surface area contributed by atoms with Gasteiger partial charge in [0, 0.05) is 42.2 Å². The fourth-order valence-corrected chi connectivity index (χ4v) is 3.57. The van der Waals surface area contributed by atoms with Gasteiger partial charge >= 0.3 is 0 Å². The average molecular weight is 602 g/mol. The van der Waals surface area contributed by atoms with Gasteiger partial charge in [0.05, 0.1) is 15.9 Å². The third-order valence-corrected chi connectivity index (χ3v) is 6.03. The maximum absolute atomic E-state index is 12.9. The molecule has 0 aliphatic rings. The molecular weight excluding hydrogens is 574 g/mol. The second kappa shape index (κ2) is 12.1. The van der Waals surface area contributed by atoms with Crippen LogP contribution in [-0.2, 0) is 4.79 Å². The van der Waals surface area contributed by atoms with Crippen LogP contribution in [0.3, 0.4) is 0 Å².